The number of carbonyl (C=O) groups is 2. The van der Waals surface area contributed by atoms with E-state index in [2.05, 4.69) is 6.58 Å². The van der Waals surface area contributed by atoms with Gasteiger partial charge in [-0.15, -0.1) is 0 Å². The summed E-state index contributed by atoms with van der Waals surface area (Å²) in [4.78, 5) is 23.9. The highest BCUT2D eigenvalue weighted by Gasteiger charge is 2.22. The van der Waals surface area contributed by atoms with Crippen LogP contribution in [0.3, 0.4) is 0 Å². The van der Waals surface area contributed by atoms with Crippen molar-refractivity contribution in [1.82, 2.24) is 0 Å². The van der Waals surface area contributed by atoms with Crippen molar-refractivity contribution >= 4 is 28.8 Å². The molecule has 0 aliphatic heterocycles. The molecule has 0 unspecified atom stereocenters. The van der Waals surface area contributed by atoms with Gasteiger partial charge in [0.25, 0.3) is 0 Å². The first-order valence-corrected chi connectivity index (χ1v) is 5.98. The van der Waals surface area contributed by atoms with E-state index in [0.717, 1.165) is 10.9 Å². The third-order valence-electron chi connectivity index (χ3n) is 3.09. The van der Waals surface area contributed by atoms with Crippen molar-refractivity contribution in [2.75, 3.05) is 14.2 Å². The smallest absolute Gasteiger partial charge is 0.339 e. The summed E-state index contributed by atoms with van der Waals surface area (Å²) < 4.78 is 9.52. The Kier molecular flexibility index (Phi) is 3.84. The molecule has 4 nitrogen and oxygen atoms in total. The van der Waals surface area contributed by atoms with Crippen LogP contribution in [0.5, 0.6) is 0 Å². The molecule has 0 saturated heterocycles. The Hall–Kier alpha value is -2.62. The van der Waals surface area contributed by atoms with Gasteiger partial charge >= 0.3 is 11.9 Å². The van der Waals surface area contributed by atoms with Gasteiger partial charge in [0.2, 0.25) is 0 Å². The maximum atomic E-state index is 12.0. The molecule has 0 saturated carbocycles. The lowest BCUT2D eigenvalue weighted by molar-refractivity contribution is 0.0557. The van der Waals surface area contributed by atoms with E-state index in [1.54, 1.807) is 24.3 Å². The van der Waals surface area contributed by atoms with Crippen LogP contribution in [0.25, 0.3) is 16.8 Å². The van der Waals surface area contributed by atoms with Crippen LogP contribution < -0.4 is 0 Å². The molecule has 0 aromatic heterocycles. The Balaban J connectivity index is 2.93. The Bertz CT molecular complexity index is 701. The molecule has 2 aromatic rings. The van der Waals surface area contributed by atoms with E-state index in [0.29, 0.717) is 5.39 Å². The second-order valence-electron chi connectivity index (χ2n) is 4.12. The van der Waals surface area contributed by atoms with E-state index in [-0.39, 0.29) is 11.1 Å². The van der Waals surface area contributed by atoms with Crippen LogP contribution in [-0.4, -0.2) is 26.2 Å². The van der Waals surface area contributed by atoms with Crippen LogP contribution in [0.15, 0.2) is 36.9 Å². The van der Waals surface area contributed by atoms with E-state index in [9.17, 15) is 9.59 Å². The van der Waals surface area contributed by atoms with Gasteiger partial charge in [0.05, 0.1) is 25.3 Å². The Morgan fingerprint density at radius 2 is 1.65 bits per heavy atom. The molecule has 0 aliphatic rings. The third-order valence-corrected chi connectivity index (χ3v) is 3.09. The molecular formula is C16H14O4. The molecule has 0 atom stereocenters. The second kappa shape index (κ2) is 5.57. The number of benzene rings is 2. The van der Waals surface area contributed by atoms with Crippen molar-refractivity contribution in [2.45, 2.75) is 0 Å². The molecule has 0 bridgehead atoms. The van der Waals surface area contributed by atoms with Crippen LogP contribution in [0.2, 0.25) is 0 Å². The summed E-state index contributed by atoms with van der Waals surface area (Å²) >= 11 is 0. The van der Waals surface area contributed by atoms with Crippen molar-refractivity contribution in [3.8, 4) is 0 Å². The lowest BCUT2D eigenvalue weighted by atomic mass is 9.94. The van der Waals surface area contributed by atoms with E-state index in [1.165, 1.54) is 14.2 Å². The summed E-state index contributed by atoms with van der Waals surface area (Å²) in [7, 11) is 2.55. The number of hydrogen-bond donors (Lipinski definition) is 0. The number of rotatable bonds is 3. The number of esters is 2. The molecule has 20 heavy (non-hydrogen) atoms. The van der Waals surface area contributed by atoms with Gasteiger partial charge in [0, 0.05) is 0 Å². The summed E-state index contributed by atoms with van der Waals surface area (Å²) in [6.07, 6.45) is 1.63. The fraction of sp³-hybridized carbons (Fsp3) is 0.125. The van der Waals surface area contributed by atoms with Crippen molar-refractivity contribution in [3.63, 3.8) is 0 Å². The topological polar surface area (TPSA) is 52.6 Å². The number of fused-ring (bicyclic) bond motifs is 1. The van der Waals surface area contributed by atoms with E-state index in [1.807, 2.05) is 12.1 Å². The summed E-state index contributed by atoms with van der Waals surface area (Å²) in [5.74, 6) is -1.16. The van der Waals surface area contributed by atoms with Crippen LogP contribution >= 0.6 is 0 Å². The zero-order chi connectivity index (χ0) is 14.7. The summed E-state index contributed by atoms with van der Waals surface area (Å²) in [5.41, 5.74) is 1.14. The van der Waals surface area contributed by atoms with E-state index >= 15 is 0 Å². The van der Waals surface area contributed by atoms with Gasteiger partial charge in [0.15, 0.2) is 0 Å². The molecular weight excluding hydrogens is 256 g/mol. The highest BCUT2D eigenvalue weighted by Crippen LogP contribution is 2.28. The largest absolute Gasteiger partial charge is 0.465 e. The van der Waals surface area contributed by atoms with Gasteiger partial charge in [-0.05, 0) is 22.4 Å². The minimum atomic E-state index is -0.584. The van der Waals surface area contributed by atoms with Crippen molar-refractivity contribution < 1.29 is 19.1 Å². The van der Waals surface area contributed by atoms with Gasteiger partial charge in [0.1, 0.15) is 0 Å². The van der Waals surface area contributed by atoms with Gasteiger partial charge in [-0.2, -0.15) is 0 Å². The highest BCUT2D eigenvalue weighted by atomic mass is 16.5. The fourth-order valence-corrected chi connectivity index (χ4v) is 2.17. The molecule has 0 fully saturated rings. The third kappa shape index (κ3) is 2.16. The Morgan fingerprint density at radius 3 is 2.20 bits per heavy atom. The quantitative estimate of drug-likeness (QED) is 0.804. The normalized spacial score (nSPS) is 10.1. The predicted molar refractivity (Wildman–Crippen MR) is 76.7 cm³/mol. The van der Waals surface area contributed by atoms with Gasteiger partial charge < -0.3 is 9.47 Å². The van der Waals surface area contributed by atoms with Crippen LogP contribution in [0.4, 0.5) is 0 Å². The number of hydrogen-bond acceptors (Lipinski definition) is 4. The molecule has 102 valence electrons. The SMILES string of the molecule is C=Cc1cc(C(=O)OC)c(C(=O)OC)c2ccccc12. The summed E-state index contributed by atoms with van der Waals surface area (Å²) in [6.45, 7) is 3.73. The first-order chi connectivity index (χ1) is 9.63. The molecule has 0 heterocycles. The number of methoxy groups -OCH3 is 2. The molecule has 0 radical (unpaired) electrons. The predicted octanol–water partition coefficient (Wildman–Crippen LogP) is 3.06. The van der Waals surface area contributed by atoms with Crippen molar-refractivity contribution in [3.05, 3.63) is 53.6 Å². The van der Waals surface area contributed by atoms with Gasteiger partial charge in [-0.25, -0.2) is 9.59 Å². The van der Waals surface area contributed by atoms with Gasteiger partial charge in [-0.3, -0.25) is 0 Å². The lowest BCUT2D eigenvalue weighted by Gasteiger charge is -2.12. The standard InChI is InChI=1S/C16H14O4/c1-4-10-9-13(15(17)19-2)14(16(18)20-3)12-8-6-5-7-11(10)12/h4-9H,1H2,2-3H3. The number of ether oxygens (including phenoxy) is 2. The summed E-state index contributed by atoms with van der Waals surface area (Å²) in [5, 5.41) is 1.47. The molecule has 4 heteroatoms. The average Bonchev–Trinajstić information content (AvgIpc) is 2.51. The van der Waals surface area contributed by atoms with Crippen molar-refractivity contribution in [1.29, 1.82) is 0 Å². The Labute approximate surface area is 116 Å². The molecule has 0 N–H and O–H groups in total. The minimum absolute atomic E-state index is 0.174. The van der Waals surface area contributed by atoms with Crippen LogP contribution in [-0.2, 0) is 9.47 Å². The first-order valence-electron chi connectivity index (χ1n) is 5.98. The zero-order valence-electron chi connectivity index (χ0n) is 11.3. The average molecular weight is 270 g/mol. The van der Waals surface area contributed by atoms with Crippen molar-refractivity contribution in [2.24, 2.45) is 0 Å². The molecule has 0 amide bonds. The van der Waals surface area contributed by atoms with E-state index in [4.69, 9.17) is 9.47 Å². The lowest BCUT2D eigenvalue weighted by Crippen LogP contribution is -2.13. The molecule has 0 spiro atoms. The van der Waals surface area contributed by atoms with E-state index < -0.39 is 11.9 Å². The molecule has 0 aliphatic carbocycles. The first kappa shape index (κ1) is 13.8. The monoisotopic (exact) mass is 270 g/mol. The van der Waals surface area contributed by atoms with Crippen LogP contribution in [0, 0.1) is 0 Å². The Morgan fingerprint density at radius 1 is 1.05 bits per heavy atom. The zero-order valence-corrected chi connectivity index (χ0v) is 11.3. The fourth-order valence-electron chi connectivity index (χ4n) is 2.17. The number of carbonyl (C=O) groups excluding carboxylic acids is 2. The van der Waals surface area contributed by atoms with Gasteiger partial charge in [-0.1, -0.05) is 36.9 Å². The highest BCUT2D eigenvalue weighted by molar-refractivity contribution is 6.14. The molecule has 2 rings (SSSR count). The molecule has 2 aromatic carbocycles. The maximum Gasteiger partial charge on any atom is 0.339 e. The second-order valence-corrected chi connectivity index (χ2v) is 4.12. The maximum absolute atomic E-state index is 12.0. The summed E-state index contributed by atoms with van der Waals surface area (Å²) in [6, 6.07) is 8.87. The minimum Gasteiger partial charge on any atom is -0.465 e. The van der Waals surface area contributed by atoms with Crippen LogP contribution in [0.1, 0.15) is 26.3 Å².